The number of hydrogen-bond acceptors (Lipinski definition) is 3. The molecule has 0 saturated heterocycles. The van der Waals surface area contributed by atoms with Gasteiger partial charge in [-0.25, -0.2) is 0 Å². The zero-order valence-electron chi connectivity index (χ0n) is 16.3. The number of rotatable bonds is 5. The van der Waals surface area contributed by atoms with Crippen molar-refractivity contribution < 1.29 is 4.79 Å². The zero-order valence-corrected chi connectivity index (χ0v) is 16.3. The Morgan fingerprint density at radius 3 is 2.33 bits per heavy atom. The Morgan fingerprint density at radius 2 is 1.63 bits per heavy atom. The molecule has 1 aromatic heterocycles. The third-order valence-corrected chi connectivity index (χ3v) is 4.65. The van der Waals surface area contributed by atoms with Crippen molar-refractivity contribution in [1.82, 2.24) is 10.3 Å². The molecule has 4 nitrogen and oxygen atoms in total. The van der Waals surface area contributed by atoms with Gasteiger partial charge in [-0.15, -0.1) is 0 Å². The van der Waals surface area contributed by atoms with Crippen molar-refractivity contribution in [2.75, 3.05) is 5.32 Å². The smallest absolute Gasteiger partial charge is 0.253 e. The molecule has 1 amide bonds. The zero-order chi connectivity index (χ0) is 19.4. The molecule has 0 atom stereocenters. The van der Waals surface area contributed by atoms with Crippen LogP contribution < -0.4 is 10.6 Å². The van der Waals surface area contributed by atoms with Crippen molar-refractivity contribution in [3.8, 4) is 0 Å². The van der Waals surface area contributed by atoms with Gasteiger partial charge in [0.15, 0.2) is 0 Å². The highest BCUT2D eigenvalue weighted by Gasteiger charge is 2.09. The van der Waals surface area contributed by atoms with E-state index in [0.29, 0.717) is 12.1 Å². The molecule has 3 rings (SSSR count). The van der Waals surface area contributed by atoms with Gasteiger partial charge in [0.2, 0.25) is 0 Å². The van der Waals surface area contributed by atoms with E-state index in [1.54, 1.807) is 12.4 Å². The predicted octanol–water partition coefficient (Wildman–Crippen LogP) is 4.99. The van der Waals surface area contributed by atoms with Crippen LogP contribution in [0.15, 0.2) is 54.9 Å². The highest BCUT2D eigenvalue weighted by atomic mass is 16.1. The summed E-state index contributed by atoms with van der Waals surface area (Å²) < 4.78 is 0. The number of carbonyl (C=O) groups is 1. The third kappa shape index (κ3) is 4.53. The van der Waals surface area contributed by atoms with Crippen molar-refractivity contribution in [1.29, 1.82) is 0 Å². The summed E-state index contributed by atoms with van der Waals surface area (Å²) in [6, 6.07) is 14.2. The summed E-state index contributed by atoms with van der Waals surface area (Å²) in [5, 5.41) is 6.37. The normalized spacial score (nSPS) is 10.5. The van der Waals surface area contributed by atoms with Crippen LogP contribution in [0.2, 0.25) is 0 Å². The predicted molar refractivity (Wildman–Crippen MR) is 111 cm³/mol. The quantitative estimate of drug-likeness (QED) is 0.675. The SMILES string of the molecule is Cc1cc(C)c(Nc2cncc(C(=O)NCc3ccccc3C)c2)c(C)c1. The van der Waals surface area contributed by atoms with E-state index in [1.165, 1.54) is 16.7 Å². The van der Waals surface area contributed by atoms with Gasteiger partial charge in [-0.3, -0.25) is 9.78 Å². The fourth-order valence-corrected chi connectivity index (χ4v) is 3.24. The van der Waals surface area contributed by atoms with E-state index in [4.69, 9.17) is 0 Å². The molecule has 0 aliphatic carbocycles. The van der Waals surface area contributed by atoms with Gasteiger partial charge in [0.1, 0.15) is 0 Å². The van der Waals surface area contributed by atoms with Crippen LogP contribution in [0, 0.1) is 27.7 Å². The van der Waals surface area contributed by atoms with Crippen molar-refractivity contribution in [3.05, 3.63) is 88.2 Å². The average molecular weight is 359 g/mol. The Morgan fingerprint density at radius 1 is 0.926 bits per heavy atom. The van der Waals surface area contributed by atoms with Crippen LogP contribution in [-0.4, -0.2) is 10.9 Å². The Balaban J connectivity index is 1.74. The molecule has 4 heteroatoms. The number of anilines is 2. The molecule has 0 aliphatic rings. The topological polar surface area (TPSA) is 54.0 Å². The van der Waals surface area contributed by atoms with E-state index in [-0.39, 0.29) is 5.91 Å². The standard InChI is InChI=1S/C23H25N3O/c1-15-9-17(3)22(18(4)10-15)26-21-11-20(12-24-14-21)23(27)25-13-19-8-6-5-7-16(19)2/h5-12,14,26H,13H2,1-4H3,(H,25,27). The Labute approximate surface area is 160 Å². The highest BCUT2D eigenvalue weighted by molar-refractivity contribution is 5.94. The molecule has 0 unspecified atom stereocenters. The lowest BCUT2D eigenvalue weighted by Crippen LogP contribution is -2.23. The first-order chi connectivity index (χ1) is 12.9. The monoisotopic (exact) mass is 359 g/mol. The van der Waals surface area contributed by atoms with Crippen LogP contribution in [0.5, 0.6) is 0 Å². The van der Waals surface area contributed by atoms with Crippen molar-refractivity contribution in [3.63, 3.8) is 0 Å². The van der Waals surface area contributed by atoms with Gasteiger partial charge >= 0.3 is 0 Å². The lowest BCUT2D eigenvalue weighted by molar-refractivity contribution is 0.0950. The average Bonchev–Trinajstić information content (AvgIpc) is 2.64. The summed E-state index contributed by atoms with van der Waals surface area (Å²) in [6.45, 7) is 8.78. The van der Waals surface area contributed by atoms with Crippen LogP contribution in [0.3, 0.4) is 0 Å². The molecule has 0 aliphatic heterocycles. The molecule has 3 aromatic rings. The van der Waals surface area contributed by atoms with Crippen molar-refractivity contribution >= 4 is 17.3 Å². The van der Waals surface area contributed by atoms with Gasteiger partial charge in [-0.2, -0.15) is 0 Å². The van der Waals surface area contributed by atoms with Gasteiger partial charge in [0.25, 0.3) is 5.91 Å². The molecule has 2 N–H and O–H groups in total. The van der Waals surface area contributed by atoms with Gasteiger partial charge in [-0.1, -0.05) is 42.0 Å². The van der Waals surface area contributed by atoms with Gasteiger partial charge in [0, 0.05) is 18.4 Å². The van der Waals surface area contributed by atoms with Crippen LogP contribution >= 0.6 is 0 Å². The lowest BCUT2D eigenvalue weighted by Gasteiger charge is -2.14. The molecular weight excluding hydrogens is 334 g/mol. The van der Waals surface area contributed by atoms with E-state index >= 15 is 0 Å². The van der Waals surface area contributed by atoms with Crippen molar-refractivity contribution in [2.45, 2.75) is 34.2 Å². The second-order valence-electron chi connectivity index (χ2n) is 6.97. The van der Waals surface area contributed by atoms with E-state index in [2.05, 4.69) is 48.5 Å². The van der Waals surface area contributed by atoms with Crippen LogP contribution in [0.4, 0.5) is 11.4 Å². The van der Waals surface area contributed by atoms with E-state index in [9.17, 15) is 4.79 Å². The maximum absolute atomic E-state index is 12.5. The van der Waals surface area contributed by atoms with E-state index < -0.39 is 0 Å². The molecule has 2 aromatic carbocycles. The number of pyridine rings is 1. The number of aromatic nitrogens is 1. The molecule has 27 heavy (non-hydrogen) atoms. The lowest BCUT2D eigenvalue weighted by atomic mass is 10.0. The van der Waals surface area contributed by atoms with E-state index in [0.717, 1.165) is 22.5 Å². The Bertz CT molecular complexity index is 956. The molecule has 0 fully saturated rings. The summed E-state index contributed by atoms with van der Waals surface area (Å²) in [4.78, 5) is 16.8. The number of nitrogens with zero attached hydrogens (tertiary/aromatic N) is 1. The maximum Gasteiger partial charge on any atom is 0.253 e. The fraction of sp³-hybridized carbons (Fsp3) is 0.217. The minimum Gasteiger partial charge on any atom is -0.354 e. The number of aryl methyl sites for hydroxylation is 4. The van der Waals surface area contributed by atoms with E-state index in [1.807, 2.05) is 37.3 Å². The number of benzene rings is 2. The third-order valence-electron chi connectivity index (χ3n) is 4.65. The summed E-state index contributed by atoms with van der Waals surface area (Å²) >= 11 is 0. The Kier molecular flexibility index (Phi) is 5.55. The second kappa shape index (κ2) is 8.04. The molecule has 138 valence electrons. The first-order valence-electron chi connectivity index (χ1n) is 9.06. The van der Waals surface area contributed by atoms with Crippen molar-refractivity contribution in [2.24, 2.45) is 0 Å². The minimum absolute atomic E-state index is 0.133. The molecule has 0 spiro atoms. The summed E-state index contributed by atoms with van der Waals surface area (Å²) in [5.74, 6) is -0.133. The fourth-order valence-electron chi connectivity index (χ4n) is 3.24. The molecular formula is C23H25N3O. The summed E-state index contributed by atoms with van der Waals surface area (Å²) in [6.07, 6.45) is 3.32. The summed E-state index contributed by atoms with van der Waals surface area (Å²) in [7, 11) is 0. The van der Waals surface area contributed by atoms with Crippen LogP contribution in [0.1, 0.15) is 38.2 Å². The highest BCUT2D eigenvalue weighted by Crippen LogP contribution is 2.26. The summed E-state index contributed by atoms with van der Waals surface area (Å²) in [5.41, 5.74) is 8.24. The van der Waals surface area contributed by atoms with Gasteiger partial charge in [-0.05, 0) is 56.0 Å². The minimum atomic E-state index is -0.133. The van der Waals surface area contributed by atoms with Gasteiger partial charge in [0.05, 0.1) is 17.4 Å². The largest absolute Gasteiger partial charge is 0.354 e. The molecule has 0 bridgehead atoms. The van der Waals surface area contributed by atoms with Crippen LogP contribution in [0.25, 0.3) is 0 Å². The number of hydrogen-bond donors (Lipinski definition) is 2. The molecule has 1 heterocycles. The number of carbonyl (C=O) groups excluding carboxylic acids is 1. The van der Waals surface area contributed by atoms with Crippen LogP contribution in [-0.2, 0) is 6.54 Å². The number of amides is 1. The first-order valence-corrected chi connectivity index (χ1v) is 9.06. The van der Waals surface area contributed by atoms with Gasteiger partial charge < -0.3 is 10.6 Å². The molecule has 0 saturated carbocycles. The Hall–Kier alpha value is -3.14. The number of nitrogens with one attached hydrogen (secondary N) is 2. The second-order valence-corrected chi connectivity index (χ2v) is 6.97. The molecule has 0 radical (unpaired) electrons. The first kappa shape index (κ1) is 18.6. The maximum atomic E-state index is 12.5.